The smallest absolute Gasteiger partial charge is 0.349 e. The van der Waals surface area contributed by atoms with Crippen LogP contribution in [0.5, 0.6) is 0 Å². The first-order chi connectivity index (χ1) is 23.1. The molecule has 0 radical (unpaired) electrons. The summed E-state index contributed by atoms with van der Waals surface area (Å²) < 4.78 is 6.74. The van der Waals surface area contributed by atoms with Gasteiger partial charge in [-0.2, -0.15) is 4.98 Å². The lowest BCUT2D eigenvalue weighted by Gasteiger charge is -2.32. The van der Waals surface area contributed by atoms with E-state index in [4.69, 9.17) is 14.7 Å². The van der Waals surface area contributed by atoms with Crippen LogP contribution in [0.4, 0.5) is 16.9 Å². The van der Waals surface area contributed by atoms with Gasteiger partial charge in [-0.25, -0.2) is 14.8 Å². The lowest BCUT2D eigenvalue weighted by molar-refractivity contribution is 0.0606. The number of nitrogens with zero attached hydrogens (tertiary/aromatic N) is 7. The molecular formula is C33H47N11O2S. The summed E-state index contributed by atoms with van der Waals surface area (Å²) in [6, 6.07) is 9.06. The summed E-state index contributed by atoms with van der Waals surface area (Å²) >= 11 is 1.37. The molecule has 1 aliphatic carbocycles. The standard InChI is InChI=1S/C33H47N11O2S/c1-46-31(45)29-22-37-33(47-29)43-19-13-25(14-20-43)38-30-27-11-5-6-12-28(27)39-32(40-30)36-21-26-23-44(42-41-26)18-8-16-34-15-7-17-35-24-9-3-2-4-10-24/h5-6,11-12,22-25,34-35H,2-4,7-10,13-21H2,1H3,(H2,36,38,39,40). The van der Waals surface area contributed by atoms with Crippen molar-refractivity contribution in [1.29, 1.82) is 0 Å². The van der Waals surface area contributed by atoms with E-state index in [9.17, 15) is 4.79 Å². The van der Waals surface area contributed by atoms with Crippen LogP contribution in [0.3, 0.4) is 0 Å². The Labute approximate surface area is 280 Å². The number of aryl methyl sites for hydroxylation is 1. The number of nitrogens with one attached hydrogen (secondary N) is 4. The molecule has 14 heteroatoms. The van der Waals surface area contributed by atoms with Crippen molar-refractivity contribution in [2.24, 2.45) is 0 Å². The molecule has 1 saturated carbocycles. The Bertz CT molecular complexity index is 1560. The van der Waals surface area contributed by atoms with Crippen LogP contribution in [0.15, 0.2) is 36.7 Å². The highest BCUT2D eigenvalue weighted by Crippen LogP contribution is 2.29. The van der Waals surface area contributed by atoms with E-state index in [0.717, 1.165) is 98.5 Å². The van der Waals surface area contributed by atoms with Crippen molar-refractivity contribution in [3.8, 4) is 0 Å². The second-order valence-electron chi connectivity index (χ2n) is 12.4. The Hall–Kier alpha value is -3.88. The molecule has 0 atom stereocenters. The summed E-state index contributed by atoms with van der Waals surface area (Å²) in [5.74, 6) is 1.03. The minimum absolute atomic E-state index is 0.255. The highest BCUT2D eigenvalue weighted by molar-refractivity contribution is 7.17. The van der Waals surface area contributed by atoms with Crippen molar-refractivity contribution in [2.45, 2.75) is 83.0 Å². The monoisotopic (exact) mass is 661 g/mol. The first-order valence-electron chi connectivity index (χ1n) is 17.0. The maximum atomic E-state index is 11.8. The predicted molar refractivity (Wildman–Crippen MR) is 186 cm³/mol. The van der Waals surface area contributed by atoms with Gasteiger partial charge in [0.25, 0.3) is 0 Å². The molecule has 3 aromatic heterocycles. The highest BCUT2D eigenvalue weighted by Gasteiger charge is 2.23. The fraction of sp³-hybridized carbons (Fsp3) is 0.576. The Kier molecular flexibility index (Phi) is 11.8. The molecule has 4 N–H and O–H groups in total. The van der Waals surface area contributed by atoms with E-state index in [0.29, 0.717) is 17.4 Å². The van der Waals surface area contributed by atoms with E-state index in [1.807, 2.05) is 29.1 Å². The molecule has 13 nitrogen and oxygen atoms in total. The fourth-order valence-corrected chi connectivity index (χ4v) is 7.18. The summed E-state index contributed by atoms with van der Waals surface area (Å²) in [6.45, 7) is 6.10. The number of carbonyl (C=O) groups is 1. The molecule has 1 saturated heterocycles. The number of fused-ring (bicyclic) bond motifs is 1. The minimum atomic E-state index is -0.346. The molecule has 47 heavy (non-hydrogen) atoms. The van der Waals surface area contributed by atoms with Crippen LogP contribution in [0, 0.1) is 0 Å². The number of piperidine rings is 1. The summed E-state index contributed by atoms with van der Waals surface area (Å²) in [5, 5.41) is 24.8. The average Bonchev–Trinajstić information content (AvgIpc) is 3.79. The number of hydrogen-bond donors (Lipinski definition) is 4. The third kappa shape index (κ3) is 9.36. The van der Waals surface area contributed by atoms with E-state index < -0.39 is 0 Å². The summed E-state index contributed by atoms with van der Waals surface area (Å²) in [5.41, 5.74) is 1.73. The van der Waals surface area contributed by atoms with Gasteiger partial charge in [0.05, 0.1) is 31.6 Å². The fourth-order valence-electron chi connectivity index (χ4n) is 6.30. The van der Waals surface area contributed by atoms with E-state index >= 15 is 0 Å². The second kappa shape index (κ2) is 16.8. The van der Waals surface area contributed by atoms with Gasteiger partial charge < -0.3 is 30.9 Å². The van der Waals surface area contributed by atoms with Gasteiger partial charge >= 0.3 is 5.97 Å². The van der Waals surface area contributed by atoms with E-state index in [2.05, 4.69) is 47.5 Å². The van der Waals surface area contributed by atoms with Gasteiger partial charge in [-0.3, -0.25) is 4.68 Å². The minimum Gasteiger partial charge on any atom is -0.465 e. The molecule has 1 aliphatic heterocycles. The number of benzene rings is 1. The van der Waals surface area contributed by atoms with E-state index in [1.165, 1.54) is 50.6 Å². The third-order valence-electron chi connectivity index (χ3n) is 8.91. The Morgan fingerprint density at radius 2 is 1.83 bits per heavy atom. The van der Waals surface area contributed by atoms with Gasteiger partial charge in [0.2, 0.25) is 5.95 Å². The highest BCUT2D eigenvalue weighted by atomic mass is 32.1. The number of esters is 1. The molecule has 0 spiro atoms. The average molecular weight is 662 g/mol. The summed E-state index contributed by atoms with van der Waals surface area (Å²) in [7, 11) is 1.39. The maximum Gasteiger partial charge on any atom is 0.349 e. The number of ether oxygens (including phenoxy) is 1. The molecule has 1 aromatic carbocycles. The van der Waals surface area contributed by atoms with Crippen LogP contribution >= 0.6 is 11.3 Å². The van der Waals surface area contributed by atoms with Gasteiger partial charge in [-0.15, -0.1) is 5.10 Å². The zero-order chi connectivity index (χ0) is 32.3. The first-order valence-corrected chi connectivity index (χ1v) is 17.9. The third-order valence-corrected chi connectivity index (χ3v) is 9.95. The normalized spacial score (nSPS) is 16.1. The summed E-state index contributed by atoms with van der Waals surface area (Å²) in [6.07, 6.45) is 14.4. The van der Waals surface area contributed by atoms with Crippen LogP contribution in [-0.2, 0) is 17.8 Å². The molecule has 4 aromatic rings. The molecule has 6 rings (SSSR count). The Balaban J connectivity index is 0.942. The van der Waals surface area contributed by atoms with Crippen molar-refractivity contribution >= 4 is 45.1 Å². The van der Waals surface area contributed by atoms with Crippen molar-refractivity contribution in [3.63, 3.8) is 0 Å². The van der Waals surface area contributed by atoms with Crippen molar-refractivity contribution in [1.82, 2.24) is 40.6 Å². The van der Waals surface area contributed by atoms with Gasteiger partial charge in [-0.1, -0.05) is 47.9 Å². The summed E-state index contributed by atoms with van der Waals surface area (Å²) in [4.78, 5) is 28.6. The first kappa shape index (κ1) is 33.0. The zero-order valence-electron chi connectivity index (χ0n) is 27.3. The Morgan fingerprint density at radius 1 is 1.00 bits per heavy atom. The number of thiazole rings is 1. The van der Waals surface area contributed by atoms with Gasteiger partial charge in [0.1, 0.15) is 16.4 Å². The van der Waals surface area contributed by atoms with E-state index in [-0.39, 0.29) is 12.0 Å². The molecule has 4 heterocycles. The number of anilines is 3. The lowest BCUT2D eigenvalue weighted by Crippen LogP contribution is -2.39. The molecule has 0 amide bonds. The maximum absolute atomic E-state index is 11.8. The van der Waals surface area contributed by atoms with Crippen molar-refractivity contribution < 1.29 is 9.53 Å². The molecule has 2 fully saturated rings. The van der Waals surface area contributed by atoms with Gasteiger partial charge in [0, 0.05) is 37.1 Å². The van der Waals surface area contributed by atoms with Crippen LogP contribution < -0.4 is 26.2 Å². The van der Waals surface area contributed by atoms with E-state index in [1.54, 1.807) is 6.20 Å². The van der Waals surface area contributed by atoms with Crippen molar-refractivity contribution in [3.05, 3.63) is 47.2 Å². The second-order valence-corrected chi connectivity index (χ2v) is 13.4. The number of para-hydroxylation sites is 1. The van der Waals surface area contributed by atoms with Crippen LogP contribution in [-0.4, -0.2) is 87.8 Å². The quantitative estimate of drug-likeness (QED) is 0.0994. The number of aromatic nitrogens is 6. The molecule has 2 aliphatic rings. The number of methoxy groups -OCH3 is 1. The van der Waals surface area contributed by atoms with Gasteiger partial charge in [-0.05, 0) is 70.3 Å². The number of rotatable bonds is 16. The largest absolute Gasteiger partial charge is 0.465 e. The number of carbonyl (C=O) groups excluding carboxylic acids is 1. The topological polar surface area (TPSA) is 147 Å². The molecule has 252 valence electrons. The predicted octanol–water partition coefficient (Wildman–Crippen LogP) is 4.45. The molecular weight excluding hydrogens is 615 g/mol. The van der Waals surface area contributed by atoms with Crippen LogP contribution in [0.1, 0.15) is 73.2 Å². The van der Waals surface area contributed by atoms with Crippen molar-refractivity contribution in [2.75, 3.05) is 55.4 Å². The van der Waals surface area contributed by atoms with Crippen LogP contribution in [0.2, 0.25) is 0 Å². The zero-order valence-corrected chi connectivity index (χ0v) is 28.1. The Morgan fingerprint density at radius 3 is 2.68 bits per heavy atom. The van der Waals surface area contributed by atoms with Crippen LogP contribution in [0.25, 0.3) is 10.9 Å². The lowest BCUT2D eigenvalue weighted by atomic mass is 9.95. The molecule has 0 bridgehead atoms. The molecule has 0 unspecified atom stereocenters. The van der Waals surface area contributed by atoms with Gasteiger partial charge in [0.15, 0.2) is 5.13 Å². The number of hydrogen-bond acceptors (Lipinski definition) is 13. The SMILES string of the molecule is COC(=O)c1cnc(N2CCC(Nc3nc(NCc4cn(CCCNCCCNC5CCCCC5)nn4)nc4ccccc34)CC2)s1.